The van der Waals surface area contributed by atoms with Crippen LogP contribution in [0.15, 0.2) is 93.6 Å². The van der Waals surface area contributed by atoms with Gasteiger partial charge in [-0.25, -0.2) is 4.99 Å². The summed E-state index contributed by atoms with van der Waals surface area (Å²) >= 11 is 1.63. The Kier molecular flexibility index (Phi) is 10.9. The number of carbonyl (C=O) groups is 2. The Morgan fingerprint density at radius 1 is 1.02 bits per heavy atom. The van der Waals surface area contributed by atoms with Crippen LogP contribution in [0.5, 0.6) is 5.75 Å². The summed E-state index contributed by atoms with van der Waals surface area (Å²) in [6, 6.07) is 25.3. The first kappa shape index (κ1) is 32.1. The molecule has 2 atom stereocenters. The van der Waals surface area contributed by atoms with E-state index in [0.717, 1.165) is 15.4 Å². The topological polar surface area (TPSA) is 106 Å². The number of hydrogen-bond donors (Lipinski definition) is 2. The fourth-order valence-corrected chi connectivity index (χ4v) is 5.60. The Labute approximate surface area is 257 Å². The van der Waals surface area contributed by atoms with Gasteiger partial charge < -0.3 is 24.6 Å². The summed E-state index contributed by atoms with van der Waals surface area (Å²) in [5.74, 6) is 0.269. The number of hydrogen-bond acceptors (Lipinski definition) is 8. The highest BCUT2D eigenvalue weighted by atomic mass is 32.2. The highest BCUT2D eigenvalue weighted by Gasteiger charge is 2.50. The average molecular weight is 605 g/mol. The van der Waals surface area contributed by atoms with Crippen molar-refractivity contribution in [2.24, 2.45) is 4.99 Å². The lowest BCUT2D eigenvalue weighted by atomic mass is 9.87. The summed E-state index contributed by atoms with van der Waals surface area (Å²) < 4.78 is 17.3. The molecule has 1 heterocycles. The molecule has 1 aliphatic heterocycles. The molecule has 0 aromatic heterocycles. The van der Waals surface area contributed by atoms with Gasteiger partial charge in [-0.3, -0.25) is 9.59 Å². The summed E-state index contributed by atoms with van der Waals surface area (Å²) in [6.07, 6.45) is 0.0492. The van der Waals surface area contributed by atoms with E-state index in [1.165, 1.54) is 0 Å². The van der Waals surface area contributed by atoms with Gasteiger partial charge in [0, 0.05) is 41.3 Å². The first-order valence-electron chi connectivity index (χ1n) is 14.5. The van der Waals surface area contributed by atoms with E-state index in [1.54, 1.807) is 30.8 Å². The van der Waals surface area contributed by atoms with Crippen LogP contribution in [0.25, 0.3) is 0 Å². The van der Waals surface area contributed by atoms with Crippen LogP contribution in [0.1, 0.15) is 58.1 Å². The number of nitrogens with one attached hydrogen (secondary N) is 1. The Morgan fingerprint density at radius 3 is 2.42 bits per heavy atom. The molecule has 8 nitrogen and oxygen atoms in total. The van der Waals surface area contributed by atoms with Gasteiger partial charge in [-0.05, 0) is 82.1 Å². The summed E-state index contributed by atoms with van der Waals surface area (Å²) in [5, 5.41) is 12.1. The maximum Gasteiger partial charge on any atom is 0.306 e. The van der Waals surface area contributed by atoms with Crippen molar-refractivity contribution in [2.45, 2.75) is 80.5 Å². The molecule has 0 saturated heterocycles. The average Bonchev–Trinajstić information content (AvgIpc) is 3.32. The van der Waals surface area contributed by atoms with Gasteiger partial charge in [-0.2, -0.15) is 0 Å². The third kappa shape index (κ3) is 8.84. The zero-order valence-electron chi connectivity index (χ0n) is 25.2. The summed E-state index contributed by atoms with van der Waals surface area (Å²) in [5.41, 5.74) is -0.304. The fourth-order valence-electron chi connectivity index (χ4n) is 4.63. The zero-order chi connectivity index (χ0) is 30.9. The maximum absolute atomic E-state index is 14.0. The third-order valence-corrected chi connectivity index (χ3v) is 7.97. The van der Waals surface area contributed by atoms with Crippen LogP contribution < -0.4 is 10.1 Å². The zero-order valence-corrected chi connectivity index (χ0v) is 26.0. The number of esters is 1. The molecule has 3 aromatic rings. The van der Waals surface area contributed by atoms with E-state index >= 15 is 0 Å². The van der Waals surface area contributed by atoms with Crippen molar-refractivity contribution in [1.29, 1.82) is 0 Å². The van der Waals surface area contributed by atoms with E-state index in [1.807, 2.05) is 87.5 Å². The lowest BCUT2D eigenvalue weighted by Gasteiger charge is -2.28. The molecule has 3 aromatic carbocycles. The molecular weight excluding hydrogens is 564 g/mol. The number of nitrogens with zero attached hydrogens (tertiary/aromatic N) is 1. The van der Waals surface area contributed by atoms with Crippen LogP contribution in [0, 0.1) is 0 Å². The maximum atomic E-state index is 14.0. The number of amides is 1. The van der Waals surface area contributed by atoms with Crippen LogP contribution in [-0.4, -0.2) is 53.3 Å². The molecule has 1 amide bonds. The van der Waals surface area contributed by atoms with Crippen LogP contribution in [-0.2, 0) is 25.6 Å². The molecule has 0 fully saturated rings. The third-order valence-electron chi connectivity index (χ3n) is 6.84. The first-order valence-corrected chi connectivity index (χ1v) is 15.3. The number of aliphatic imine (C=N–C) groups is 1. The molecule has 0 radical (unpaired) electrons. The molecule has 0 aliphatic carbocycles. The van der Waals surface area contributed by atoms with E-state index in [4.69, 9.17) is 24.3 Å². The molecule has 0 saturated carbocycles. The molecule has 9 heteroatoms. The van der Waals surface area contributed by atoms with Crippen molar-refractivity contribution in [2.75, 3.05) is 13.2 Å². The van der Waals surface area contributed by atoms with E-state index in [-0.39, 0.29) is 25.4 Å². The largest absolute Gasteiger partial charge is 0.494 e. The molecule has 0 unspecified atom stereocenters. The predicted molar refractivity (Wildman–Crippen MR) is 167 cm³/mol. The van der Waals surface area contributed by atoms with Gasteiger partial charge in [0.2, 0.25) is 5.90 Å². The van der Waals surface area contributed by atoms with Crippen molar-refractivity contribution < 1.29 is 28.9 Å². The SMILES string of the molecule is C[C@H]1OC(c2ccc(OCCCO)cc2)=N[C@@]1(CCC(=O)OC(C)(C)C)C(=O)NCc1ccccc1Sc1ccccc1. The molecular formula is C34H40N2O6S. The lowest BCUT2D eigenvalue weighted by molar-refractivity contribution is -0.155. The number of aliphatic hydroxyl groups excluding tert-OH is 1. The highest BCUT2D eigenvalue weighted by molar-refractivity contribution is 7.99. The van der Waals surface area contributed by atoms with Crippen LogP contribution in [0.4, 0.5) is 0 Å². The number of benzene rings is 3. The van der Waals surface area contributed by atoms with Gasteiger partial charge in [0.15, 0.2) is 5.54 Å². The second-order valence-corrected chi connectivity index (χ2v) is 12.5. The number of rotatable bonds is 13. The molecule has 228 valence electrons. The Bertz CT molecular complexity index is 1400. The monoisotopic (exact) mass is 604 g/mol. The number of carbonyl (C=O) groups excluding carboxylic acids is 2. The quantitative estimate of drug-likeness (QED) is 0.184. The standard InChI is InChI=1S/C34H40N2O6S/c1-24-34(20-19-30(38)42-33(2,3)4,36-31(41-24)25-15-17-27(18-16-25)40-22-10-21-37)32(39)35-23-26-11-8-9-14-29(26)43-28-12-6-5-7-13-28/h5-9,11-18,24,37H,10,19-23H2,1-4H3,(H,35,39)/t24-,34-/m1/s1. The fraction of sp³-hybridized carbons (Fsp3) is 0.382. The van der Waals surface area contributed by atoms with Crippen molar-refractivity contribution in [3.05, 3.63) is 90.0 Å². The van der Waals surface area contributed by atoms with Gasteiger partial charge >= 0.3 is 5.97 Å². The van der Waals surface area contributed by atoms with Crippen LogP contribution in [0.2, 0.25) is 0 Å². The Balaban J connectivity index is 1.55. The summed E-state index contributed by atoms with van der Waals surface area (Å²) in [4.78, 5) is 33.7. The second-order valence-electron chi connectivity index (χ2n) is 11.3. The Morgan fingerprint density at radius 2 is 1.72 bits per heavy atom. The summed E-state index contributed by atoms with van der Waals surface area (Å²) in [6.45, 7) is 8.00. The normalized spacial score (nSPS) is 18.0. The van der Waals surface area contributed by atoms with E-state index in [2.05, 4.69) is 5.32 Å². The minimum absolute atomic E-state index is 0.00719. The Hall–Kier alpha value is -3.82. The van der Waals surface area contributed by atoms with Gasteiger partial charge in [-0.1, -0.05) is 48.2 Å². The van der Waals surface area contributed by atoms with E-state index < -0.39 is 23.2 Å². The molecule has 43 heavy (non-hydrogen) atoms. The smallest absolute Gasteiger partial charge is 0.306 e. The van der Waals surface area contributed by atoms with Crippen LogP contribution >= 0.6 is 11.8 Å². The van der Waals surface area contributed by atoms with Crippen LogP contribution in [0.3, 0.4) is 0 Å². The molecule has 1 aliphatic rings. The van der Waals surface area contributed by atoms with Gasteiger partial charge in [0.1, 0.15) is 17.5 Å². The van der Waals surface area contributed by atoms with Crippen molar-refractivity contribution in [3.63, 3.8) is 0 Å². The van der Waals surface area contributed by atoms with Gasteiger partial charge in [0.05, 0.1) is 6.61 Å². The lowest BCUT2D eigenvalue weighted by Crippen LogP contribution is -2.51. The van der Waals surface area contributed by atoms with E-state index in [0.29, 0.717) is 36.8 Å². The van der Waals surface area contributed by atoms with Crippen molar-refractivity contribution in [3.8, 4) is 5.75 Å². The number of aliphatic hydroxyl groups is 1. The van der Waals surface area contributed by atoms with E-state index in [9.17, 15) is 9.59 Å². The molecule has 4 rings (SSSR count). The predicted octanol–water partition coefficient (Wildman–Crippen LogP) is 5.94. The first-order chi connectivity index (χ1) is 20.6. The molecule has 0 bridgehead atoms. The van der Waals surface area contributed by atoms with Crippen molar-refractivity contribution in [1.82, 2.24) is 5.32 Å². The van der Waals surface area contributed by atoms with Gasteiger partial charge in [0.25, 0.3) is 5.91 Å². The minimum Gasteiger partial charge on any atom is -0.494 e. The minimum atomic E-state index is -1.33. The molecule has 2 N–H and O–H groups in total. The second kappa shape index (κ2) is 14.6. The highest BCUT2D eigenvalue weighted by Crippen LogP contribution is 2.35. The molecule has 0 spiro atoms. The summed E-state index contributed by atoms with van der Waals surface area (Å²) in [7, 11) is 0. The van der Waals surface area contributed by atoms with Crippen molar-refractivity contribution >= 4 is 29.5 Å². The van der Waals surface area contributed by atoms with Gasteiger partial charge in [-0.15, -0.1) is 0 Å². The number of ether oxygens (including phenoxy) is 3.